The lowest BCUT2D eigenvalue weighted by Crippen LogP contribution is -2.39. The molecule has 276 valence electrons. The molecule has 0 saturated carbocycles. The van der Waals surface area contributed by atoms with Crippen molar-refractivity contribution in [2.45, 2.75) is 24.4 Å². The molecule has 2 heterocycles. The van der Waals surface area contributed by atoms with Crippen LogP contribution in [0.15, 0.2) is 114 Å². The van der Waals surface area contributed by atoms with E-state index in [2.05, 4.69) is 0 Å². The molecule has 2 amide bonds. The zero-order chi connectivity index (χ0) is 39.2. The van der Waals surface area contributed by atoms with Crippen molar-refractivity contribution in [3.8, 4) is 22.3 Å². The summed E-state index contributed by atoms with van der Waals surface area (Å²) < 4.78 is 29.6. The molecule has 14 heteroatoms. The Hall–Kier alpha value is -5.40. The van der Waals surface area contributed by atoms with Gasteiger partial charge in [0.25, 0.3) is 5.91 Å². The van der Waals surface area contributed by atoms with Crippen molar-refractivity contribution in [1.29, 1.82) is 0 Å². The molecule has 2 unspecified atom stereocenters. The second kappa shape index (κ2) is 17.2. The highest BCUT2D eigenvalue weighted by Crippen LogP contribution is 2.37. The average Bonchev–Trinajstić information content (AvgIpc) is 3.84. The molecule has 2 atom stereocenters. The summed E-state index contributed by atoms with van der Waals surface area (Å²) in [7, 11) is 0. The number of halogens is 4. The van der Waals surface area contributed by atoms with E-state index in [1.54, 1.807) is 78.2 Å². The molecule has 4 aromatic carbocycles. The maximum absolute atomic E-state index is 15.5. The number of alkyl halides is 1. The van der Waals surface area contributed by atoms with Gasteiger partial charge in [0.1, 0.15) is 5.82 Å². The molecule has 54 heavy (non-hydrogen) atoms. The number of primary amides is 2. The predicted molar refractivity (Wildman–Crippen MR) is 208 cm³/mol. The fourth-order valence-electron chi connectivity index (χ4n) is 5.67. The standard InChI is InChI=1S/2C20H15ClFNO3S/c21-15-7-5-14(6-8-15)13-3-1-12(2-4-13)11-20(22,19(23)26)17-16(18(24)25)9-10-27-17;21-13-5-6-14(17(22)10-13)12-3-1-11(2-4-12)9-16(19(23)24)18-15(20(25)26)7-8-27-18/h1-10H,11H2,(H2,23,26)(H,24,25);1-8,10,16H,9H2,(H2,23,24)(H,25,26). The van der Waals surface area contributed by atoms with Crippen LogP contribution in [-0.4, -0.2) is 34.0 Å². The smallest absolute Gasteiger partial charge is 0.336 e. The van der Waals surface area contributed by atoms with Crippen molar-refractivity contribution in [2.75, 3.05) is 0 Å². The highest BCUT2D eigenvalue weighted by molar-refractivity contribution is 7.10. The van der Waals surface area contributed by atoms with Crippen molar-refractivity contribution in [1.82, 2.24) is 0 Å². The number of aromatic carboxylic acids is 2. The zero-order valence-electron chi connectivity index (χ0n) is 28.0. The number of amides is 2. The average molecular weight is 808 g/mol. The summed E-state index contributed by atoms with van der Waals surface area (Å²) in [6, 6.07) is 28.5. The van der Waals surface area contributed by atoms with E-state index in [9.17, 15) is 33.8 Å². The first-order valence-corrected chi connectivity index (χ1v) is 18.5. The van der Waals surface area contributed by atoms with E-state index in [4.69, 9.17) is 34.7 Å². The van der Waals surface area contributed by atoms with E-state index in [0.29, 0.717) is 31.6 Å². The highest BCUT2D eigenvalue weighted by Gasteiger charge is 2.43. The number of hydrogen-bond donors (Lipinski definition) is 4. The van der Waals surface area contributed by atoms with E-state index in [0.717, 1.165) is 28.0 Å². The van der Waals surface area contributed by atoms with E-state index in [1.165, 1.54) is 34.9 Å². The number of carboxylic acids is 2. The first-order valence-electron chi connectivity index (χ1n) is 16.0. The van der Waals surface area contributed by atoms with E-state index >= 15 is 4.39 Å². The number of carbonyl (C=O) groups excluding carboxylic acids is 2. The van der Waals surface area contributed by atoms with Crippen LogP contribution >= 0.6 is 45.9 Å². The third kappa shape index (κ3) is 9.20. The molecule has 0 aliphatic rings. The molecule has 0 aliphatic heterocycles. The largest absolute Gasteiger partial charge is 0.478 e. The first-order chi connectivity index (χ1) is 25.7. The summed E-state index contributed by atoms with van der Waals surface area (Å²) in [6.07, 6.45) is -0.0798. The third-order valence-corrected chi connectivity index (χ3v) is 11.0. The molecule has 0 aliphatic carbocycles. The maximum atomic E-state index is 15.5. The van der Waals surface area contributed by atoms with E-state index in [-0.39, 0.29) is 28.8 Å². The third-order valence-electron chi connectivity index (χ3n) is 8.45. The van der Waals surface area contributed by atoms with Gasteiger partial charge >= 0.3 is 11.9 Å². The minimum atomic E-state index is -2.59. The monoisotopic (exact) mass is 806 g/mol. The Kier molecular flexibility index (Phi) is 12.7. The zero-order valence-corrected chi connectivity index (χ0v) is 31.1. The molecule has 6 N–H and O–H groups in total. The number of benzene rings is 4. The van der Waals surface area contributed by atoms with E-state index in [1.807, 2.05) is 12.1 Å². The Labute approximate surface area is 326 Å². The first kappa shape index (κ1) is 39.8. The van der Waals surface area contributed by atoms with Crippen LogP contribution in [0.1, 0.15) is 47.5 Å². The molecule has 0 radical (unpaired) electrons. The number of hydrogen-bond acceptors (Lipinski definition) is 6. The lowest BCUT2D eigenvalue weighted by molar-refractivity contribution is -0.129. The van der Waals surface area contributed by atoms with Gasteiger partial charge in [-0.1, -0.05) is 83.9 Å². The van der Waals surface area contributed by atoms with Crippen molar-refractivity contribution < 1.29 is 38.2 Å². The number of thiophene rings is 2. The lowest BCUT2D eigenvalue weighted by atomic mass is 9.91. The minimum absolute atomic E-state index is 0.0867. The normalized spacial score (nSPS) is 12.5. The van der Waals surface area contributed by atoms with Crippen LogP contribution in [0, 0.1) is 5.82 Å². The molecule has 0 bridgehead atoms. The van der Waals surface area contributed by atoms with Gasteiger partial charge < -0.3 is 21.7 Å². The molecule has 0 spiro atoms. The van der Waals surface area contributed by atoms with Crippen molar-refractivity contribution in [2.24, 2.45) is 11.5 Å². The molecule has 0 fully saturated rings. The van der Waals surface area contributed by atoms with Crippen LogP contribution in [0.5, 0.6) is 0 Å². The second-order valence-corrected chi connectivity index (χ2v) is 14.7. The lowest BCUT2D eigenvalue weighted by Gasteiger charge is -2.22. The van der Waals surface area contributed by atoms with Gasteiger partial charge in [0.05, 0.1) is 21.9 Å². The fourth-order valence-corrected chi connectivity index (χ4v) is 7.94. The van der Waals surface area contributed by atoms with Crippen LogP contribution in [0.4, 0.5) is 8.78 Å². The van der Waals surface area contributed by atoms with Gasteiger partial charge in [-0.15, -0.1) is 22.7 Å². The van der Waals surface area contributed by atoms with Gasteiger partial charge in [-0.05, 0) is 87.5 Å². The Morgan fingerprint density at radius 1 is 0.685 bits per heavy atom. The topological polar surface area (TPSA) is 161 Å². The Balaban J connectivity index is 0.000000208. The van der Waals surface area contributed by atoms with Crippen molar-refractivity contribution in [3.63, 3.8) is 0 Å². The molecular weight excluding hydrogens is 777 g/mol. The summed E-state index contributed by atoms with van der Waals surface area (Å²) in [5.41, 5.74) is 12.3. The second-order valence-electron chi connectivity index (χ2n) is 12.0. The predicted octanol–water partition coefficient (Wildman–Crippen LogP) is 9.38. The molecular formula is C40H30Cl2F2N2O6S2. The summed E-state index contributed by atoms with van der Waals surface area (Å²) in [4.78, 5) is 46.7. The van der Waals surface area contributed by atoms with Gasteiger partial charge in [-0.3, -0.25) is 9.59 Å². The Morgan fingerprint density at radius 2 is 1.20 bits per heavy atom. The van der Waals surface area contributed by atoms with E-state index < -0.39 is 41.2 Å². The number of carboxylic acid groups (broad SMARTS) is 2. The van der Waals surface area contributed by atoms with Crippen LogP contribution in [0.25, 0.3) is 22.3 Å². The van der Waals surface area contributed by atoms with Crippen LogP contribution in [0.2, 0.25) is 10.0 Å². The fraction of sp³-hybridized carbons (Fsp3) is 0.100. The molecule has 8 nitrogen and oxygen atoms in total. The maximum Gasteiger partial charge on any atom is 0.336 e. The van der Waals surface area contributed by atoms with Gasteiger partial charge in [0, 0.05) is 26.9 Å². The van der Waals surface area contributed by atoms with Crippen molar-refractivity contribution >= 4 is 69.6 Å². The van der Waals surface area contributed by atoms with Gasteiger partial charge in [0.2, 0.25) is 11.6 Å². The van der Waals surface area contributed by atoms with Gasteiger partial charge in [-0.25, -0.2) is 18.4 Å². The Bertz CT molecular complexity index is 2310. The summed E-state index contributed by atoms with van der Waals surface area (Å²) in [5.74, 6) is -5.36. The highest BCUT2D eigenvalue weighted by atomic mass is 35.5. The van der Waals surface area contributed by atoms with Crippen molar-refractivity contribution in [3.05, 3.63) is 162 Å². The minimum Gasteiger partial charge on any atom is -0.478 e. The SMILES string of the molecule is NC(=O)C(Cc1ccc(-c2ccc(Cl)cc2F)cc1)c1sccc1C(=O)O.NC(=O)C(F)(Cc1ccc(-c2ccc(Cl)cc2)cc1)c1sccc1C(=O)O. The summed E-state index contributed by atoms with van der Waals surface area (Å²) in [6.45, 7) is 0. The number of nitrogens with two attached hydrogens (primary N) is 2. The molecule has 2 aromatic heterocycles. The summed E-state index contributed by atoms with van der Waals surface area (Å²) in [5, 5.41) is 22.5. The van der Waals surface area contributed by atoms with Crippen LogP contribution in [0.3, 0.4) is 0 Å². The molecule has 6 aromatic rings. The van der Waals surface area contributed by atoms with Crippen LogP contribution < -0.4 is 11.5 Å². The Morgan fingerprint density at radius 3 is 1.76 bits per heavy atom. The van der Waals surface area contributed by atoms with Gasteiger partial charge in [-0.2, -0.15) is 0 Å². The number of carbonyl (C=O) groups is 4. The molecule has 6 rings (SSSR count). The quantitative estimate of drug-likeness (QED) is 0.0964. The summed E-state index contributed by atoms with van der Waals surface area (Å²) >= 11 is 13.7. The van der Waals surface area contributed by atoms with Crippen LogP contribution in [-0.2, 0) is 28.1 Å². The number of rotatable bonds is 12. The molecule has 0 saturated heterocycles. The van der Waals surface area contributed by atoms with Gasteiger partial charge in [0.15, 0.2) is 0 Å².